The van der Waals surface area contributed by atoms with Crippen molar-refractivity contribution < 1.29 is 4.79 Å². The molecule has 1 amide bonds. The smallest absolute Gasteiger partial charge is 0.262 e. The van der Waals surface area contributed by atoms with E-state index < -0.39 is 0 Å². The van der Waals surface area contributed by atoms with Crippen molar-refractivity contribution in [3.63, 3.8) is 0 Å². The van der Waals surface area contributed by atoms with Crippen LogP contribution in [0.5, 0.6) is 0 Å². The highest BCUT2D eigenvalue weighted by Gasteiger charge is 2.11. The van der Waals surface area contributed by atoms with Gasteiger partial charge in [0.15, 0.2) is 9.90 Å². The number of amides is 1. The van der Waals surface area contributed by atoms with Gasteiger partial charge in [0.25, 0.3) is 5.56 Å². The minimum absolute atomic E-state index is 0.119. The fourth-order valence-corrected chi connectivity index (χ4v) is 4.18. The maximum atomic E-state index is 12.7. The highest BCUT2D eigenvalue weighted by molar-refractivity contribution is 7.71. The first kappa shape index (κ1) is 20.2. The number of nitrogens with zero attached hydrogens (tertiary/aromatic N) is 2. The normalized spacial score (nSPS) is 11.0. The van der Waals surface area contributed by atoms with E-state index in [1.807, 2.05) is 17.5 Å². The SMILES string of the molecule is Cc1ccc(-c2csc(NC(=O)CCn3c(=S)[nH]c4ccccc4c3=O)n2)cc1C. The highest BCUT2D eigenvalue weighted by atomic mass is 32.1. The minimum Gasteiger partial charge on any atom is -0.332 e. The van der Waals surface area contributed by atoms with Crippen LogP contribution in [0.3, 0.4) is 0 Å². The van der Waals surface area contributed by atoms with Gasteiger partial charge >= 0.3 is 0 Å². The first-order valence-electron chi connectivity index (χ1n) is 9.47. The fraction of sp³-hybridized carbons (Fsp3) is 0.182. The quantitative estimate of drug-likeness (QED) is 0.439. The van der Waals surface area contributed by atoms with Crippen LogP contribution in [0.15, 0.2) is 52.6 Å². The van der Waals surface area contributed by atoms with Crippen LogP contribution >= 0.6 is 23.6 Å². The molecule has 0 saturated carbocycles. The number of thiazole rings is 1. The van der Waals surface area contributed by atoms with Gasteiger partial charge in [0.05, 0.1) is 16.6 Å². The molecule has 152 valence electrons. The molecule has 0 unspecified atom stereocenters. The van der Waals surface area contributed by atoms with Crippen LogP contribution in [0.2, 0.25) is 0 Å². The zero-order valence-corrected chi connectivity index (χ0v) is 18.2. The molecule has 0 spiro atoms. The molecule has 2 aromatic heterocycles. The Bertz CT molecular complexity index is 1370. The van der Waals surface area contributed by atoms with E-state index in [1.165, 1.54) is 27.0 Å². The number of carbonyl (C=O) groups excluding carboxylic acids is 1. The van der Waals surface area contributed by atoms with Gasteiger partial charge in [0.1, 0.15) is 0 Å². The number of H-pyrrole nitrogens is 1. The van der Waals surface area contributed by atoms with E-state index in [0.717, 1.165) is 11.3 Å². The van der Waals surface area contributed by atoms with Crippen molar-refractivity contribution in [3.05, 3.63) is 74.1 Å². The lowest BCUT2D eigenvalue weighted by Crippen LogP contribution is -2.25. The van der Waals surface area contributed by atoms with Crippen molar-refractivity contribution in [1.29, 1.82) is 0 Å². The first-order valence-corrected chi connectivity index (χ1v) is 10.8. The van der Waals surface area contributed by atoms with Crippen molar-refractivity contribution >= 4 is 45.5 Å². The Balaban J connectivity index is 1.45. The van der Waals surface area contributed by atoms with E-state index in [1.54, 1.807) is 18.2 Å². The Hall–Kier alpha value is -3.10. The third-order valence-corrected chi connectivity index (χ3v) is 6.09. The summed E-state index contributed by atoms with van der Waals surface area (Å²) < 4.78 is 1.72. The Morgan fingerprint density at radius 3 is 2.80 bits per heavy atom. The van der Waals surface area contributed by atoms with Crippen molar-refractivity contribution in [1.82, 2.24) is 14.5 Å². The molecule has 0 bridgehead atoms. The molecule has 0 aliphatic rings. The molecule has 6 nitrogen and oxygen atoms in total. The maximum Gasteiger partial charge on any atom is 0.262 e. The summed E-state index contributed by atoms with van der Waals surface area (Å²) in [5.41, 5.74) is 4.76. The third kappa shape index (κ3) is 4.10. The molecule has 0 radical (unpaired) electrons. The lowest BCUT2D eigenvalue weighted by molar-refractivity contribution is -0.116. The van der Waals surface area contributed by atoms with E-state index >= 15 is 0 Å². The van der Waals surface area contributed by atoms with E-state index in [-0.39, 0.29) is 24.4 Å². The van der Waals surface area contributed by atoms with Crippen LogP contribution in [0, 0.1) is 18.6 Å². The number of aromatic amines is 1. The van der Waals surface area contributed by atoms with Crippen LogP contribution in [0.1, 0.15) is 17.5 Å². The standard InChI is InChI=1S/C22H20N4O2S2/c1-13-7-8-15(11-14(13)2)18-12-30-21(23-18)25-19(27)9-10-26-20(28)16-5-3-4-6-17(16)24-22(26)29/h3-8,11-12H,9-10H2,1-2H3,(H,24,29)(H,23,25,27). The average molecular weight is 437 g/mol. The molecule has 0 atom stereocenters. The molecular formula is C22H20N4O2S2. The number of aryl methyl sites for hydroxylation is 2. The van der Waals surface area contributed by atoms with Crippen molar-refractivity contribution in [2.75, 3.05) is 5.32 Å². The highest BCUT2D eigenvalue weighted by Crippen LogP contribution is 2.26. The third-order valence-electron chi connectivity index (χ3n) is 5.01. The molecule has 4 aromatic rings. The van der Waals surface area contributed by atoms with Crippen LogP contribution in [-0.4, -0.2) is 20.4 Å². The zero-order valence-electron chi connectivity index (χ0n) is 16.6. The molecule has 0 saturated heterocycles. The van der Waals surface area contributed by atoms with Gasteiger partial charge in [-0.3, -0.25) is 14.2 Å². The number of aromatic nitrogens is 3. The lowest BCUT2D eigenvalue weighted by Gasteiger charge is -2.08. The Morgan fingerprint density at radius 1 is 1.20 bits per heavy atom. The Kier molecular flexibility index (Phi) is 5.61. The number of hydrogen-bond acceptors (Lipinski definition) is 5. The second-order valence-electron chi connectivity index (χ2n) is 7.07. The van der Waals surface area contributed by atoms with Gasteiger partial charge in [-0.15, -0.1) is 11.3 Å². The van der Waals surface area contributed by atoms with Crippen molar-refractivity contribution in [2.45, 2.75) is 26.8 Å². The van der Waals surface area contributed by atoms with E-state index in [9.17, 15) is 9.59 Å². The number of anilines is 1. The van der Waals surface area contributed by atoms with E-state index in [4.69, 9.17) is 12.2 Å². The summed E-state index contributed by atoms with van der Waals surface area (Å²) in [4.78, 5) is 32.6. The number of para-hydroxylation sites is 1. The second kappa shape index (κ2) is 8.33. The van der Waals surface area contributed by atoms with Gasteiger partial charge in [-0.05, 0) is 55.4 Å². The summed E-state index contributed by atoms with van der Waals surface area (Å²) in [6.07, 6.45) is 0.119. The topological polar surface area (TPSA) is 79.8 Å². The molecule has 4 rings (SSSR count). The number of carbonyl (C=O) groups is 1. The molecule has 0 aliphatic carbocycles. The van der Waals surface area contributed by atoms with Gasteiger partial charge in [0.2, 0.25) is 5.91 Å². The number of hydrogen-bond donors (Lipinski definition) is 2. The number of nitrogens with one attached hydrogen (secondary N) is 2. The average Bonchev–Trinajstić information content (AvgIpc) is 3.18. The molecular weight excluding hydrogens is 416 g/mol. The van der Waals surface area contributed by atoms with Crippen LogP contribution in [-0.2, 0) is 11.3 Å². The van der Waals surface area contributed by atoms with E-state index in [0.29, 0.717) is 20.8 Å². The number of benzene rings is 2. The molecule has 0 fully saturated rings. The molecule has 2 heterocycles. The minimum atomic E-state index is -0.217. The van der Waals surface area contributed by atoms with E-state index in [2.05, 4.69) is 41.3 Å². The van der Waals surface area contributed by atoms with Gasteiger partial charge in [-0.2, -0.15) is 0 Å². The van der Waals surface area contributed by atoms with Crippen LogP contribution in [0.4, 0.5) is 5.13 Å². The van der Waals surface area contributed by atoms with Gasteiger partial charge in [-0.1, -0.05) is 24.3 Å². The lowest BCUT2D eigenvalue weighted by atomic mass is 10.1. The second-order valence-corrected chi connectivity index (χ2v) is 8.31. The van der Waals surface area contributed by atoms with Crippen molar-refractivity contribution in [3.8, 4) is 11.3 Å². The fourth-order valence-electron chi connectivity index (χ4n) is 3.16. The number of rotatable bonds is 5. The van der Waals surface area contributed by atoms with Crippen LogP contribution < -0.4 is 10.9 Å². The summed E-state index contributed by atoms with van der Waals surface area (Å²) >= 11 is 6.67. The molecule has 0 aliphatic heterocycles. The molecule has 30 heavy (non-hydrogen) atoms. The Labute approximate surface area is 182 Å². The predicted octanol–water partition coefficient (Wildman–Crippen LogP) is 4.83. The van der Waals surface area contributed by atoms with Crippen molar-refractivity contribution in [2.24, 2.45) is 0 Å². The summed E-state index contributed by atoms with van der Waals surface area (Å²) in [5.74, 6) is -0.217. The summed E-state index contributed by atoms with van der Waals surface area (Å²) in [7, 11) is 0. The Morgan fingerprint density at radius 2 is 2.00 bits per heavy atom. The summed E-state index contributed by atoms with van der Waals surface area (Å²) in [6.45, 7) is 4.33. The van der Waals surface area contributed by atoms with Gasteiger partial charge in [-0.25, -0.2) is 4.98 Å². The van der Waals surface area contributed by atoms with Gasteiger partial charge in [0, 0.05) is 23.9 Å². The summed E-state index contributed by atoms with van der Waals surface area (Å²) in [6, 6.07) is 13.4. The monoisotopic (exact) mass is 436 g/mol. The first-order chi connectivity index (χ1) is 14.4. The van der Waals surface area contributed by atoms with Crippen LogP contribution in [0.25, 0.3) is 22.2 Å². The largest absolute Gasteiger partial charge is 0.332 e. The molecule has 2 N–H and O–H groups in total. The zero-order chi connectivity index (χ0) is 21.3. The maximum absolute atomic E-state index is 12.7. The summed E-state index contributed by atoms with van der Waals surface area (Å²) in [5, 5.41) is 5.81. The molecule has 2 aromatic carbocycles. The predicted molar refractivity (Wildman–Crippen MR) is 124 cm³/mol. The van der Waals surface area contributed by atoms with Gasteiger partial charge < -0.3 is 10.3 Å². The molecule has 8 heteroatoms. The number of fused-ring (bicyclic) bond motifs is 1.